The fourth-order valence-corrected chi connectivity index (χ4v) is 1.18. The molecule has 2 N–H and O–H groups in total. The lowest BCUT2D eigenvalue weighted by Crippen LogP contribution is -2.37. The second-order valence-electron chi connectivity index (χ2n) is 3.18. The van der Waals surface area contributed by atoms with E-state index in [1.54, 1.807) is 18.5 Å². The molecule has 0 unspecified atom stereocenters. The maximum absolute atomic E-state index is 11.4. The van der Waals surface area contributed by atoms with Crippen LogP contribution in [0, 0.1) is 0 Å². The average Bonchev–Trinajstić information content (AvgIpc) is 2.27. The number of urea groups is 1. The summed E-state index contributed by atoms with van der Waals surface area (Å²) in [5, 5.41) is 5.40. The van der Waals surface area contributed by atoms with Crippen LogP contribution in [0.2, 0.25) is 0 Å². The lowest BCUT2D eigenvalue weighted by Gasteiger charge is -2.14. The first-order chi connectivity index (χ1) is 7.26. The van der Waals surface area contributed by atoms with Crippen molar-refractivity contribution in [2.75, 3.05) is 5.32 Å². The lowest BCUT2D eigenvalue weighted by molar-refractivity contribution is 0.247. The fourth-order valence-electron chi connectivity index (χ4n) is 1.18. The molecule has 2 amide bonds. The zero-order valence-electron chi connectivity index (χ0n) is 9.03. The topological polar surface area (TPSA) is 66.9 Å². The Labute approximate surface area is 89.3 Å². The number of carbonyl (C=O) groups excluding carboxylic acids is 1. The Morgan fingerprint density at radius 2 is 1.93 bits per heavy atom. The highest BCUT2D eigenvalue weighted by atomic mass is 16.2. The van der Waals surface area contributed by atoms with Gasteiger partial charge in [0.1, 0.15) is 0 Å². The number of nitrogens with one attached hydrogen (secondary N) is 2. The van der Waals surface area contributed by atoms with E-state index >= 15 is 0 Å². The minimum Gasteiger partial charge on any atom is -0.335 e. The molecule has 0 aliphatic carbocycles. The molecule has 1 heterocycles. The molecule has 1 aromatic rings. The predicted octanol–water partition coefficient (Wildman–Crippen LogP) is 1.79. The molecule has 0 radical (unpaired) electrons. The number of hydrogen-bond donors (Lipinski definition) is 2. The molecule has 0 atom stereocenters. The molecule has 1 rings (SSSR count). The molecule has 0 aliphatic rings. The molecule has 0 aromatic carbocycles. The van der Waals surface area contributed by atoms with Crippen LogP contribution >= 0.6 is 0 Å². The van der Waals surface area contributed by atoms with E-state index < -0.39 is 0 Å². The fraction of sp³-hybridized carbons (Fsp3) is 0.500. The summed E-state index contributed by atoms with van der Waals surface area (Å²) in [6.07, 6.45) is 5.00. The number of rotatable bonds is 4. The van der Waals surface area contributed by atoms with Gasteiger partial charge in [-0.3, -0.25) is 5.32 Å². The van der Waals surface area contributed by atoms with E-state index in [2.05, 4.69) is 20.6 Å². The smallest absolute Gasteiger partial charge is 0.321 e. The zero-order valence-corrected chi connectivity index (χ0v) is 9.03. The third-order valence-corrected chi connectivity index (χ3v) is 2.11. The normalized spacial score (nSPS) is 10.1. The second-order valence-corrected chi connectivity index (χ2v) is 3.18. The standard InChI is InChI=1S/C10H16N4O/c1-3-8(4-2)13-10(15)14-9-11-6-5-7-12-9/h5-8H,3-4H2,1-2H3,(H2,11,12,13,14,15). The Hall–Kier alpha value is -1.65. The van der Waals surface area contributed by atoms with Crippen LogP contribution in [0.5, 0.6) is 0 Å². The Morgan fingerprint density at radius 1 is 1.33 bits per heavy atom. The minimum atomic E-state index is -0.255. The summed E-state index contributed by atoms with van der Waals surface area (Å²) in [5.74, 6) is 0.320. The SMILES string of the molecule is CCC(CC)NC(=O)Nc1ncccn1. The van der Waals surface area contributed by atoms with Crippen LogP contribution in [0.15, 0.2) is 18.5 Å². The molecule has 0 saturated carbocycles. The summed E-state index contributed by atoms with van der Waals surface area (Å²) in [6.45, 7) is 4.07. The zero-order chi connectivity index (χ0) is 11.1. The Morgan fingerprint density at radius 3 is 2.47 bits per heavy atom. The van der Waals surface area contributed by atoms with E-state index in [1.165, 1.54) is 0 Å². The number of carbonyl (C=O) groups is 1. The first-order valence-electron chi connectivity index (χ1n) is 5.10. The quantitative estimate of drug-likeness (QED) is 0.792. The predicted molar refractivity (Wildman–Crippen MR) is 58.6 cm³/mol. The van der Waals surface area contributed by atoms with Crippen LogP contribution in [0.1, 0.15) is 26.7 Å². The molecule has 0 fully saturated rings. The van der Waals surface area contributed by atoms with Crippen molar-refractivity contribution in [3.05, 3.63) is 18.5 Å². The van der Waals surface area contributed by atoms with Crippen molar-refractivity contribution in [2.45, 2.75) is 32.7 Å². The highest BCUT2D eigenvalue weighted by Crippen LogP contribution is 1.98. The molecule has 0 aliphatic heterocycles. The van der Waals surface area contributed by atoms with Crippen molar-refractivity contribution in [2.24, 2.45) is 0 Å². The molecular formula is C10H16N4O. The molecule has 5 nitrogen and oxygen atoms in total. The van der Waals surface area contributed by atoms with Gasteiger partial charge in [-0.2, -0.15) is 0 Å². The van der Waals surface area contributed by atoms with Crippen LogP contribution in [0.25, 0.3) is 0 Å². The Kier molecular flexibility index (Phi) is 4.53. The van der Waals surface area contributed by atoms with Crippen LogP contribution in [-0.4, -0.2) is 22.0 Å². The van der Waals surface area contributed by atoms with Crippen molar-refractivity contribution in [3.8, 4) is 0 Å². The van der Waals surface area contributed by atoms with Gasteiger partial charge in [-0.15, -0.1) is 0 Å². The van der Waals surface area contributed by atoms with Gasteiger partial charge in [-0.1, -0.05) is 13.8 Å². The molecule has 0 bridgehead atoms. The van der Waals surface area contributed by atoms with Gasteiger partial charge in [-0.25, -0.2) is 14.8 Å². The second kappa shape index (κ2) is 5.95. The summed E-state index contributed by atoms with van der Waals surface area (Å²) >= 11 is 0. The first kappa shape index (κ1) is 11.4. The van der Waals surface area contributed by atoms with Crippen molar-refractivity contribution in [1.29, 1.82) is 0 Å². The summed E-state index contributed by atoms with van der Waals surface area (Å²) in [7, 11) is 0. The molecular weight excluding hydrogens is 192 g/mol. The van der Waals surface area contributed by atoms with Crippen LogP contribution in [0.3, 0.4) is 0 Å². The van der Waals surface area contributed by atoms with Crippen molar-refractivity contribution < 1.29 is 4.79 Å². The maximum atomic E-state index is 11.4. The van der Waals surface area contributed by atoms with Crippen molar-refractivity contribution in [1.82, 2.24) is 15.3 Å². The first-order valence-corrected chi connectivity index (χ1v) is 5.10. The van der Waals surface area contributed by atoms with E-state index in [-0.39, 0.29) is 12.1 Å². The van der Waals surface area contributed by atoms with Gasteiger partial charge in [0.15, 0.2) is 0 Å². The van der Waals surface area contributed by atoms with Gasteiger partial charge in [0.05, 0.1) is 0 Å². The van der Waals surface area contributed by atoms with Gasteiger partial charge >= 0.3 is 6.03 Å². The van der Waals surface area contributed by atoms with E-state index in [4.69, 9.17) is 0 Å². The van der Waals surface area contributed by atoms with Gasteiger partial charge in [-0.05, 0) is 18.9 Å². The van der Waals surface area contributed by atoms with E-state index in [1.807, 2.05) is 13.8 Å². The van der Waals surface area contributed by atoms with Gasteiger partial charge in [0, 0.05) is 18.4 Å². The van der Waals surface area contributed by atoms with Crippen LogP contribution < -0.4 is 10.6 Å². The van der Waals surface area contributed by atoms with Crippen LogP contribution in [0.4, 0.5) is 10.7 Å². The number of nitrogens with zero attached hydrogens (tertiary/aromatic N) is 2. The van der Waals surface area contributed by atoms with E-state index in [0.717, 1.165) is 12.8 Å². The minimum absolute atomic E-state index is 0.203. The third kappa shape index (κ3) is 3.93. The molecule has 0 spiro atoms. The van der Waals surface area contributed by atoms with E-state index in [0.29, 0.717) is 5.95 Å². The summed E-state index contributed by atoms with van der Waals surface area (Å²) < 4.78 is 0. The molecule has 0 saturated heterocycles. The highest BCUT2D eigenvalue weighted by molar-refractivity contribution is 5.87. The number of amides is 2. The molecule has 5 heteroatoms. The molecule has 82 valence electrons. The summed E-state index contributed by atoms with van der Waals surface area (Å²) in [6, 6.07) is 1.65. The number of hydrogen-bond acceptors (Lipinski definition) is 3. The summed E-state index contributed by atoms with van der Waals surface area (Å²) in [5.41, 5.74) is 0. The Balaban J connectivity index is 2.43. The monoisotopic (exact) mass is 208 g/mol. The van der Waals surface area contributed by atoms with Gasteiger partial charge < -0.3 is 5.32 Å². The third-order valence-electron chi connectivity index (χ3n) is 2.11. The van der Waals surface area contributed by atoms with E-state index in [9.17, 15) is 4.79 Å². The van der Waals surface area contributed by atoms with Gasteiger partial charge in [0.2, 0.25) is 5.95 Å². The van der Waals surface area contributed by atoms with Crippen molar-refractivity contribution in [3.63, 3.8) is 0 Å². The highest BCUT2D eigenvalue weighted by Gasteiger charge is 2.08. The molecule has 1 aromatic heterocycles. The largest absolute Gasteiger partial charge is 0.335 e. The number of aromatic nitrogens is 2. The van der Waals surface area contributed by atoms with Crippen LogP contribution in [-0.2, 0) is 0 Å². The lowest BCUT2D eigenvalue weighted by atomic mass is 10.2. The maximum Gasteiger partial charge on any atom is 0.321 e. The van der Waals surface area contributed by atoms with Gasteiger partial charge in [0.25, 0.3) is 0 Å². The molecule has 15 heavy (non-hydrogen) atoms. The number of anilines is 1. The summed E-state index contributed by atoms with van der Waals surface area (Å²) in [4.78, 5) is 19.2. The van der Waals surface area contributed by atoms with Crippen molar-refractivity contribution >= 4 is 12.0 Å². The average molecular weight is 208 g/mol. The Bertz CT molecular complexity index is 298.